The van der Waals surface area contributed by atoms with E-state index in [0.29, 0.717) is 11.4 Å². The van der Waals surface area contributed by atoms with Crippen LogP contribution in [0.1, 0.15) is 12.8 Å². The predicted octanol–water partition coefficient (Wildman–Crippen LogP) is 3.62. The van der Waals surface area contributed by atoms with Crippen LogP contribution < -0.4 is 11.1 Å². The highest BCUT2D eigenvalue weighted by molar-refractivity contribution is 6.00. The van der Waals surface area contributed by atoms with Crippen LogP contribution in [0.5, 0.6) is 0 Å². The first-order chi connectivity index (χ1) is 9.40. The van der Waals surface area contributed by atoms with Gasteiger partial charge in [-0.3, -0.25) is 4.99 Å². The topological polar surface area (TPSA) is 50.4 Å². The summed E-state index contributed by atoms with van der Waals surface area (Å²) >= 11 is 0. The van der Waals surface area contributed by atoms with Gasteiger partial charge in [0.2, 0.25) is 0 Å². The number of hydrogen-bond donors (Lipinski definition) is 2. The molecule has 1 fully saturated rings. The highest BCUT2D eigenvalue weighted by Crippen LogP contribution is 2.34. The highest BCUT2D eigenvalue weighted by atomic mass is 19.4. The molecule has 0 heterocycles. The lowest BCUT2D eigenvalue weighted by atomic mass is 10.2. The number of nitrogens with one attached hydrogen (secondary N) is 1. The first kappa shape index (κ1) is 14.4. The molecule has 2 rings (SSSR count). The third kappa shape index (κ3) is 3.76. The number of benzene rings is 1. The van der Waals surface area contributed by atoms with Crippen LogP contribution in [0.4, 0.5) is 24.5 Å². The maximum atomic E-state index is 12.5. The minimum Gasteiger partial charge on any atom is -0.395 e. The quantitative estimate of drug-likeness (QED) is 0.829. The Labute approximate surface area is 115 Å². The molecule has 0 spiro atoms. The Morgan fingerprint density at radius 1 is 1.30 bits per heavy atom. The lowest BCUT2D eigenvalue weighted by Gasteiger charge is -2.07. The van der Waals surface area contributed by atoms with E-state index in [0.717, 1.165) is 24.6 Å². The SMILES string of the molecule is CNc1ccc(N=C(C=C(N)C(F)(F)F)C2CC2)cc1. The van der Waals surface area contributed by atoms with E-state index in [9.17, 15) is 13.2 Å². The molecule has 6 heteroatoms. The molecule has 0 amide bonds. The molecule has 1 saturated carbocycles. The number of halogens is 3. The molecule has 0 aliphatic heterocycles. The van der Waals surface area contributed by atoms with Crippen molar-refractivity contribution in [2.24, 2.45) is 16.6 Å². The van der Waals surface area contributed by atoms with Gasteiger partial charge in [0.25, 0.3) is 0 Å². The average Bonchev–Trinajstić information content (AvgIpc) is 3.22. The second kappa shape index (κ2) is 5.56. The smallest absolute Gasteiger partial charge is 0.395 e. The van der Waals surface area contributed by atoms with Crippen LogP contribution >= 0.6 is 0 Å². The van der Waals surface area contributed by atoms with Crippen LogP contribution in [0.2, 0.25) is 0 Å². The molecule has 108 valence electrons. The van der Waals surface area contributed by atoms with Gasteiger partial charge in [-0.05, 0) is 43.2 Å². The number of rotatable bonds is 4. The molecule has 0 saturated heterocycles. The van der Waals surface area contributed by atoms with Gasteiger partial charge in [-0.25, -0.2) is 0 Å². The van der Waals surface area contributed by atoms with Gasteiger partial charge in [-0.2, -0.15) is 13.2 Å². The summed E-state index contributed by atoms with van der Waals surface area (Å²) in [6, 6.07) is 7.15. The first-order valence-corrected chi connectivity index (χ1v) is 6.31. The monoisotopic (exact) mass is 283 g/mol. The van der Waals surface area contributed by atoms with Crippen LogP contribution in [0.25, 0.3) is 0 Å². The highest BCUT2D eigenvalue weighted by Gasteiger charge is 2.34. The zero-order valence-electron chi connectivity index (χ0n) is 11.0. The fourth-order valence-electron chi connectivity index (χ4n) is 1.71. The van der Waals surface area contributed by atoms with Gasteiger partial charge in [-0.1, -0.05) is 0 Å². The van der Waals surface area contributed by atoms with Gasteiger partial charge in [-0.15, -0.1) is 0 Å². The van der Waals surface area contributed by atoms with Gasteiger partial charge in [0, 0.05) is 24.4 Å². The summed E-state index contributed by atoms with van der Waals surface area (Å²) in [4.78, 5) is 4.28. The number of hydrogen-bond acceptors (Lipinski definition) is 3. The number of nitrogens with two attached hydrogens (primary N) is 1. The molecule has 1 aliphatic carbocycles. The Balaban J connectivity index is 2.26. The molecule has 3 nitrogen and oxygen atoms in total. The van der Waals surface area contributed by atoms with Crippen molar-refractivity contribution in [2.45, 2.75) is 19.0 Å². The molecular formula is C14H16F3N3. The van der Waals surface area contributed by atoms with Gasteiger partial charge >= 0.3 is 6.18 Å². The van der Waals surface area contributed by atoms with Crippen LogP contribution in [0, 0.1) is 5.92 Å². The Bertz CT molecular complexity index is 526. The van der Waals surface area contributed by atoms with Crippen LogP contribution in [0.3, 0.4) is 0 Å². The van der Waals surface area contributed by atoms with Crippen molar-refractivity contribution in [3.8, 4) is 0 Å². The number of alkyl halides is 3. The van der Waals surface area contributed by atoms with Gasteiger partial charge in [0.15, 0.2) is 0 Å². The fourth-order valence-corrected chi connectivity index (χ4v) is 1.71. The Hall–Kier alpha value is -1.98. The Morgan fingerprint density at radius 2 is 1.90 bits per heavy atom. The van der Waals surface area contributed by atoms with Gasteiger partial charge < -0.3 is 11.1 Å². The van der Waals surface area contributed by atoms with Gasteiger partial charge in [0.1, 0.15) is 5.70 Å². The molecule has 0 atom stereocenters. The molecular weight excluding hydrogens is 267 g/mol. The van der Waals surface area contributed by atoms with E-state index < -0.39 is 11.9 Å². The normalized spacial score (nSPS) is 17.2. The van der Waals surface area contributed by atoms with E-state index in [1.54, 1.807) is 19.2 Å². The van der Waals surface area contributed by atoms with Gasteiger partial charge in [0.05, 0.1) is 5.69 Å². The predicted molar refractivity (Wildman–Crippen MR) is 74.1 cm³/mol. The van der Waals surface area contributed by atoms with Crippen LogP contribution in [-0.2, 0) is 0 Å². The summed E-state index contributed by atoms with van der Waals surface area (Å²) in [6.45, 7) is 0. The van der Waals surface area contributed by atoms with Crippen molar-refractivity contribution in [2.75, 3.05) is 12.4 Å². The fraction of sp³-hybridized carbons (Fsp3) is 0.357. The van der Waals surface area contributed by atoms with Crippen molar-refractivity contribution < 1.29 is 13.2 Å². The number of allylic oxidation sites excluding steroid dienone is 2. The zero-order chi connectivity index (χ0) is 14.8. The third-order valence-electron chi connectivity index (χ3n) is 3.04. The van der Waals surface area contributed by atoms with Crippen molar-refractivity contribution in [3.63, 3.8) is 0 Å². The molecule has 20 heavy (non-hydrogen) atoms. The average molecular weight is 283 g/mol. The minimum atomic E-state index is -4.51. The second-order valence-electron chi connectivity index (χ2n) is 4.71. The number of nitrogens with zero attached hydrogens (tertiary/aromatic N) is 1. The largest absolute Gasteiger partial charge is 0.430 e. The van der Waals surface area contributed by atoms with E-state index in [2.05, 4.69) is 10.3 Å². The molecule has 1 aromatic carbocycles. The van der Waals surface area contributed by atoms with E-state index in [1.807, 2.05) is 12.1 Å². The third-order valence-corrected chi connectivity index (χ3v) is 3.04. The second-order valence-corrected chi connectivity index (χ2v) is 4.71. The molecule has 0 bridgehead atoms. The molecule has 1 aromatic rings. The van der Waals surface area contributed by atoms with Crippen molar-refractivity contribution in [1.82, 2.24) is 0 Å². The summed E-state index contributed by atoms with van der Waals surface area (Å²) in [5, 5.41) is 2.97. The number of anilines is 1. The minimum absolute atomic E-state index is 0.0832. The maximum absolute atomic E-state index is 12.5. The molecule has 0 unspecified atom stereocenters. The van der Waals surface area contributed by atoms with Crippen molar-refractivity contribution in [1.29, 1.82) is 0 Å². The van der Waals surface area contributed by atoms with E-state index in [-0.39, 0.29) is 5.92 Å². The standard InChI is InChI=1S/C14H16F3N3/c1-19-10-4-6-11(7-5-10)20-12(9-2-3-9)8-13(18)14(15,16)17/h4-9,19H,2-3,18H2,1H3. The summed E-state index contributed by atoms with van der Waals surface area (Å²) in [5.41, 5.74) is 5.90. The summed E-state index contributed by atoms with van der Waals surface area (Å²) in [5.74, 6) is 0.0832. The number of aliphatic imine (C=N–C) groups is 1. The van der Waals surface area contributed by atoms with E-state index in [4.69, 9.17) is 5.73 Å². The maximum Gasteiger partial charge on any atom is 0.430 e. The van der Waals surface area contributed by atoms with Crippen LogP contribution in [0.15, 0.2) is 41.0 Å². The summed E-state index contributed by atoms with van der Waals surface area (Å²) in [6.07, 6.45) is -1.85. The summed E-state index contributed by atoms with van der Waals surface area (Å²) in [7, 11) is 1.79. The lowest BCUT2D eigenvalue weighted by molar-refractivity contribution is -0.0925. The molecule has 3 N–H and O–H groups in total. The molecule has 1 aliphatic rings. The zero-order valence-corrected chi connectivity index (χ0v) is 11.0. The van der Waals surface area contributed by atoms with Crippen LogP contribution in [-0.4, -0.2) is 18.9 Å². The van der Waals surface area contributed by atoms with Crippen molar-refractivity contribution in [3.05, 3.63) is 36.0 Å². The summed E-state index contributed by atoms with van der Waals surface area (Å²) < 4.78 is 37.4. The lowest BCUT2D eigenvalue weighted by Crippen LogP contribution is -2.21. The molecule has 0 aromatic heterocycles. The van der Waals surface area contributed by atoms with E-state index in [1.165, 1.54) is 0 Å². The van der Waals surface area contributed by atoms with E-state index >= 15 is 0 Å². The Kier molecular flexibility index (Phi) is 4.01. The Morgan fingerprint density at radius 3 is 2.35 bits per heavy atom. The first-order valence-electron chi connectivity index (χ1n) is 6.31. The molecule has 0 radical (unpaired) electrons. The van der Waals surface area contributed by atoms with Crippen molar-refractivity contribution >= 4 is 17.1 Å².